The highest BCUT2D eigenvalue weighted by atomic mass is 35.5. The van der Waals surface area contributed by atoms with Gasteiger partial charge in [-0.25, -0.2) is 4.98 Å². The Kier molecular flexibility index (Phi) is 3.44. The molecule has 0 fully saturated rings. The summed E-state index contributed by atoms with van der Waals surface area (Å²) in [5.74, 6) is 1.47. The van der Waals surface area contributed by atoms with Gasteiger partial charge in [-0.1, -0.05) is 12.1 Å². The Hall–Kier alpha value is -1.52. The molecule has 19 heavy (non-hydrogen) atoms. The van der Waals surface area contributed by atoms with Gasteiger partial charge in [0.1, 0.15) is 11.3 Å². The summed E-state index contributed by atoms with van der Waals surface area (Å²) in [6.07, 6.45) is 0.549. The summed E-state index contributed by atoms with van der Waals surface area (Å²) in [4.78, 5) is 5.44. The van der Waals surface area contributed by atoms with Crippen LogP contribution in [0.15, 0.2) is 40.1 Å². The summed E-state index contributed by atoms with van der Waals surface area (Å²) in [7, 11) is 1.65. The number of halogens is 1. The van der Waals surface area contributed by atoms with Crippen molar-refractivity contribution in [3.63, 3.8) is 0 Å². The fraction of sp³-hybridized carbons (Fsp3) is 0.214. The van der Waals surface area contributed by atoms with Crippen molar-refractivity contribution in [2.45, 2.75) is 11.8 Å². The van der Waals surface area contributed by atoms with Crippen molar-refractivity contribution in [1.82, 2.24) is 4.98 Å². The second-order valence-electron chi connectivity index (χ2n) is 4.10. The first-order valence-corrected chi connectivity index (χ1v) is 7.19. The second-order valence-corrected chi connectivity index (χ2v) is 5.57. The third-order valence-corrected chi connectivity index (χ3v) is 4.37. The van der Waals surface area contributed by atoms with Gasteiger partial charge in [-0.2, -0.15) is 0 Å². The number of methoxy groups -OCH3 is 1. The van der Waals surface area contributed by atoms with Crippen molar-refractivity contribution >= 4 is 34.0 Å². The maximum Gasteiger partial charge on any atom is 0.197 e. The normalized spacial score (nSPS) is 12.7. The first-order chi connectivity index (χ1) is 9.28. The van der Waals surface area contributed by atoms with Gasteiger partial charge in [0.25, 0.3) is 0 Å². The molecule has 0 spiro atoms. The SMILES string of the molecule is COc1ccsc1C(Cl)Cc1nc2ccccc2o1. The summed E-state index contributed by atoms with van der Waals surface area (Å²) >= 11 is 8.01. The van der Waals surface area contributed by atoms with Gasteiger partial charge in [0.05, 0.1) is 17.4 Å². The number of ether oxygens (including phenoxy) is 1. The van der Waals surface area contributed by atoms with Gasteiger partial charge >= 0.3 is 0 Å². The van der Waals surface area contributed by atoms with Crippen LogP contribution in [0.25, 0.3) is 11.1 Å². The predicted molar refractivity (Wildman–Crippen MR) is 77.2 cm³/mol. The zero-order valence-corrected chi connectivity index (χ0v) is 11.9. The highest BCUT2D eigenvalue weighted by Gasteiger charge is 2.18. The smallest absolute Gasteiger partial charge is 0.197 e. The minimum Gasteiger partial charge on any atom is -0.496 e. The van der Waals surface area contributed by atoms with Crippen molar-refractivity contribution in [3.05, 3.63) is 46.5 Å². The van der Waals surface area contributed by atoms with Crippen molar-refractivity contribution in [1.29, 1.82) is 0 Å². The van der Waals surface area contributed by atoms with Crippen LogP contribution in [0, 0.1) is 0 Å². The van der Waals surface area contributed by atoms with Gasteiger partial charge in [-0.15, -0.1) is 22.9 Å². The van der Waals surface area contributed by atoms with E-state index in [2.05, 4.69) is 4.98 Å². The zero-order valence-electron chi connectivity index (χ0n) is 10.3. The summed E-state index contributed by atoms with van der Waals surface area (Å²) in [6, 6.07) is 9.62. The number of oxazole rings is 1. The predicted octanol–water partition coefficient (Wildman–Crippen LogP) is 4.42. The van der Waals surface area contributed by atoms with Crippen molar-refractivity contribution in [3.8, 4) is 5.75 Å². The molecule has 0 radical (unpaired) electrons. The number of hydrogen-bond donors (Lipinski definition) is 0. The van der Waals surface area contributed by atoms with Crippen molar-refractivity contribution in [2.75, 3.05) is 7.11 Å². The van der Waals surface area contributed by atoms with Gasteiger partial charge in [-0.3, -0.25) is 0 Å². The minimum absolute atomic E-state index is 0.192. The fourth-order valence-electron chi connectivity index (χ4n) is 1.96. The van der Waals surface area contributed by atoms with Crippen LogP contribution in [0.4, 0.5) is 0 Å². The van der Waals surface area contributed by atoms with Crippen LogP contribution in [0.3, 0.4) is 0 Å². The van der Waals surface area contributed by atoms with Crippen LogP contribution in [0.5, 0.6) is 5.75 Å². The van der Waals surface area contributed by atoms with Gasteiger partial charge in [0.2, 0.25) is 0 Å². The lowest BCUT2D eigenvalue weighted by Gasteiger charge is -2.07. The van der Waals surface area contributed by atoms with E-state index in [0.717, 1.165) is 21.7 Å². The highest BCUT2D eigenvalue weighted by molar-refractivity contribution is 7.10. The van der Waals surface area contributed by atoms with Crippen LogP contribution < -0.4 is 4.74 Å². The number of hydrogen-bond acceptors (Lipinski definition) is 4. The lowest BCUT2D eigenvalue weighted by atomic mass is 10.2. The topological polar surface area (TPSA) is 35.3 Å². The quantitative estimate of drug-likeness (QED) is 0.668. The average molecular weight is 294 g/mol. The van der Waals surface area contributed by atoms with Crippen LogP contribution in [0.1, 0.15) is 16.1 Å². The van der Waals surface area contributed by atoms with Gasteiger partial charge in [-0.05, 0) is 23.6 Å². The molecule has 1 aromatic carbocycles. The van der Waals surface area contributed by atoms with Crippen LogP contribution in [-0.2, 0) is 6.42 Å². The molecule has 0 saturated heterocycles. The molecule has 98 valence electrons. The molecule has 0 aliphatic rings. The molecular weight excluding hydrogens is 282 g/mol. The monoisotopic (exact) mass is 293 g/mol. The largest absolute Gasteiger partial charge is 0.496 e. The molecule has 0 amide bonds. The second kappa shape index (κ2) is 5.23. The Morgan fingerprint density at radius 3 is 3.00 bits per heavy atom. The molecule has 3 nitrogen and oxygen atoms in total. The van der Waals surface area contributed by atoms with E-state index in [-0.39, 0.29) is 5.38 Å². The molecule has 1 unspecified atom stereocenters. The first-order valence-electron chi connectivity index (χ1n) is 5.88. The number of nitrogens with zero attached hydrogens (tertiary/aromatic N) is 1. The molecule has 1 atom stereocenters. The summed E-state index contributed by atoms with van der Waals surface area (Å²) in [5.41, 5.74) is 1.65. The molecule has 0 bridgehead atoms. The van der Waals surface area contributed by atoms with Crippen LogP contribution in [0.2, 0.25) is 0 Å². The van der Waals surface area contributed by atoms with E-state index < -0.39 is 0 Å². The number of rotatable bonds is 4. The van der Waals surface area contributed by atoms with E-state index in [1.165, 1.54) is 0 Å². The maximum atomic E-state index is 6.42. The van der Waals surface area contributed by atoms with Crippen molar-refractivity contribution < 1.29 is 9.15 Å². The third kappa shape index (κ3) is 2.46. The van der Waals surface area contributed by atoms with Crippen molar-refractivity contribution in [2.24, 2.45) is 0 Å². The minimum atomic E-state index is -0.192. The summed E-state index contributed by atoms with van der Waals surface area (Å²) in [6.45, 7) is 0. The molecule has 5 heteroatoms. The van der Waals surface area contributed by atoms with Crippen LogP contribution >= 0.6 is 22.9 Å². The van der Waals surface area contributed by atoms with E-state index in [1.54, 1.807) is 18.4 Å². The number of para-hydroxylation sites is 2. The number of aromatic nitrogens is 1. The lowest BCUT2D eigenvalue weighted by molar-refractivity contribution is 0.411. The van der Waals surface area contributed by atoms with E-state index in [1.807, 2.05) is 35.7 Å². The van der Waals surface area contributed by atoms with E-state index in [9.17, 15) is 0 Å². The third-order valence-electron chi connectivity index (χ3n) is 2.85. The summed E-state index contributed by atoms with van der Waals surface area (Å²) in [5, 5.41) is 1.78. The van der Waals surface area contributed by atoms with Gasteiger partial charge < -0.3 is 9.15 Å². The molecule has 3 aromatic rings. The van der Waals surface area contributed by atoms with Gasteiger partial charge in [0, 0.05) is 6.42 Å². The number of thiophene rings is 1. The van der Waals surface area contributed by atoms with Crippen LogP contribution in [-0.4, -0.2) is 12.1 Å². The number of benzene rings is 1. The van der Waals surface area contributed by atoms with E-state index >= 15 is 0 Å². The zero-order chi connectivity index (χ0) is 13.2. The maximum absolute atomic E-state index is 6.42. The Morgan fingerprint density at radius 1 is 1.37 bits per heavy atom. The van der Waals surface area contributed by atoms with E-state index in [4.69, 9.17) is 20.8 Å². The molecule has 0 saturated carbocycles. The molecule has 0 N–H and O–H groups in total. The molecule has 3 rings (SSSR count). The molecule has 0 aliphatic heterocycles. The van der Waals surface area contributed by atoms with Gasteiger partial charge in [0.15, 0.2) is 11.5 Å². The number of alkyl halides is 1. The van der Waals surface area contributed by atoms with E-state index in [0.29, 0.717) is 12.3 Å². The first kappa shape index (κ1) is 12.5. The Balaban J connectivity index is 1.84. The molecule has 2 aromatic heterocycles. The summed E-state index contributed by atoms with van der Waals surface area (Å²) < 4.78 is 11.0. The Labute approximate surface area is 119 Å². The Bertz CT molecular complexity index is 658. The highest BCUT2D eigenvalue weighted by Crippen LogP contribution is 2.36. The lowest BCUT2D eigenvalue weighted by Crippen LogP contribution is -1.96. The average Bonchev–Trinajstić information content (AvgIpc) is 3.03. The molecular formula is C14H12ClNO2S. The number of fused-ring (bicyclic) bond motifs is 1. The molecule has 0 aliphatic carbocycles. The fourth-order valence-corrected chi connectivity index (χ4v) is 3.19. The standard InChI is InChI=1S/C14H12ClNO2S/c1-17-12-6-7-19-14(12)9(15)8-13-16-10-4-2-3-5-11(10)18-13/h2-7,9H,8H2,1H3. The Morgan fingerprint density at radius 2 is 2.21 bits per heavy atom. The molecule has 2 heterocycles.